The smallest absolute Gasteiger partial charge is 0.321 e. The number of anilines is 2. The third-order valence-corrected chi connectivity index (χ3v) is 5.30. The van der Waals surface area contributed by atoms with E-state index in [4.69, 9.17) is 9.15 Å². The molecule has 2 aromatic heterocycles. The van der Waals surface area contributed by atoms with Crippen LogP contribution >= 0.6 is 23.1 Å². The average molecular weight is 419 g/mol. The van der Waals surface area contributed by atoms with Crippen molar-refractivity contribution in [1.82, 2.24) is 20.8 Å². The van der Waals surface area contributed by atoms with E-state index in [0.29, 0.717) is 15.2 Å². The number of urea groups is 1. The maximum absolute atomic E-state index is 11.9. The number of methoxy groups -OCH3 is 1. The third-order valence-electron chi connectivity index (χ3n) is 3.33. The van der Waals surface area contributed by atoms with Crippen molar-refractivity contribution in [3.8, 4) is 5.75 Å². The van der Waals surface area contributed by atoms with Crippen LogP contribution < -0.4 is 20.7 Å². The minimum Gasteiger partial charge on any atom is -0.497 e. The first kappa shape index (κ1) is 19.7. The number of nitrogens with zero attached hydrogens (tertiary/aromatic N) is 2. The van der Waals surface area contributed by atoms with Gasteiger partial charge in [-0.25, -0.2) is 4.79 Å². The van der Waals surface area contributed by atoms with Crippen LogP contribution in [0.2, 0.25) is 0 Å². The van der Waals surface area contributed by atoms with Crippen LogP contribution in [0.4, 0.5) is 15.6 Å². The van der Waals surface area contributed by atoms with Gasteiger partial charge in [-0.05, 0) is 36.4 Å². The molecule has 0 saturated heterocycles. The number of carbonyl (C=O) groups excluding carboxylic acids is 2. The highest BCUT2D eigenvalue weighted by Gasteiger charge is 2.11. The number of furan rings is 1. The molecule has 0 spiro atoms. The van der Waals surface area contributed by atoms with Crippen LogP contribution in [0.3, 0.4) is 0 Å². The van der Waals surface area contributed by atoms with E-state index in [2.05, 4.69) is 26.1 Å². The second-order valence-electron chi connectivity index (χ2n) is 5.33. The largest absolute Gasteiger partial charge is 0.497 e. The number of nitrogens with one attached hydrogen (secondary N) is 3. The quantitative estimate of drug-likeness (QED) is 0.477. The van der Waals surface area contributed by atoms with E-state index < -0.39 is 11.9 Å². The number of hydrogen-bond donors (Lipinski definition) is 3. The van der Waals surface area contributed by atoms with E-state index in [1.54, 1.807) is 19.2 Å². The van der Waals surface area contributed by atoms with Gasteiger partial charge in [-0.1, -0.05) is 23.1 Å². The van der Waals surface area contributed by atoms with E-state index in [-0.39, 0.29) is 12.3 Å². The van der Waals surface area contributed by atoms with Crippen LogP contribution in [0.5, 0.6) is 5.75 Å². The molecule has 3 rings (SSSR count). The molecule has 0 radical (unpaired) electrons. The first-order valence-corrected chi connectivity index (χ1v) is 9.90. The molecule has 0 aliphatic heterocycles. The number of hydrogen-bond acceptors (Lipinski definition) is 9. The van der Waals surface area contributed by atoms with Gasteiger partial charge in [0.05, 0.1) is 25.7 Å². The Hall–Kier alpha value is -3.05. The molecule has 3 amide bonds. The number of aromatic nitrogens is 2. The molecular formula is C17H17N5O4S2. The Morgan fingerprint density at radius 1 is 1.21 bits per heavy atom. The van der Waals surface area contributed by atoms with Crippen molar-refractivity contribution in [1.29, 1.82) is 0 Å². The van der Waals surface area contributed by atoms with E-state index >= 15 is 0 Å². The van der Waals surface area contributed by atoms with Crippen molar-refractivity contribution < 1.29 is 18.7 Å². The molecule has 28 heavy (non-hydrogen) atoms. The summed E-state index contributed by atoms with van der Waals surface area (Å²) in [4.78, 5) is 23.5. The molecule has 0 bridgehead atoms. The maximum Gasteiger partial charge on any atom is 0.321 e. The molecule has 0 aliphatic carbocycles. The van der Waals surface area contributed by atoms with Crippen LogP contribution in [0, 0.1) is 0 Å². The zero-order valence-electron chi connectivity index (χ0n) is 14.8. The van der Waals surface area contributed by atoms with Gasteiger partial charge in [0.25, 0.3) is 0 Å². The molecule has 1 aromatic carbocycles. The Bertz CT molecular complexity index is 912. The molecule has 3 aromatic rings. The number of ether oxygens (including phenoxy) is 1. The number of benzene rings is 1. The van der Waals surface area contributed by atoms with Crippen LogP contribution in [-0.2, 0) is 11.3 Å². The van der Waals surface area contributed by atoms with Crippen molar-refractivity contribution in [3.63, 3.8) is 0 Å². The average Bonchev–Trinajstić information content (AvgIpc) is 3.37. The number of amides is 3. The van der Waals surface area contributed by atoms with Gasteiger partial charge in [0.15, 0.2) is 4.34 Å². The van der Waals surface area contributed by atoms with Crippen molar-refractivity contribution in [2.45, 2.75) is 10.9 Å². The van der Waals surface area contributed by atoms with Crippen LogP contribution in [0.1, 0.15) is 5.76 Å². The van der Waals surface area contributed by atoms with Crippen molar-refractivity contribution in [2.75, 3.05) is 18.2 Å². The number of imide groups is 1. The SMILES string of the molecule is COc1ccc(Nc2nnc(SCC(=O)NC(=O)NCc3ccco3)s2)cc1. The first-order chi connectivity index (χ1) is 13.6. The molecule has 146 valence electrons. The van der Waals surface area contributed by atoms with E-state index in [0.717, 1.165) is 11.4 Å². The first-order valence-electron chi connectivity index (χ1n) is 8.10. The predicted molar refractivity (Wildman–Crippen MR) is 106 cm³/mol. The van der Waals surface area contributed by atoms with Crippen molar-refractivity contribution in [3.05, 3.63) is 48.4 Å². The molecule has 0 aliphatic rings. The standard InChI is InChI=1S/C17H17N5O4S2/c1-25-12-6-4-11(5-7-12)19-16-21-22-17(28-16)27-10-14(23)20-15(24)18-9-13-3-2-8-26-13/h2-8H,9-10H2,1H3,(H,19,21)(H2,18,20,23,24). The number of carbonyl (C=O) groups is 2. The highest BCUT2D eigenvalue weighted by atomic mass is 32.2. The second kappa shape index (κ2) is 9.76. The minimum absolute atomic E-state index is 0.0470. The molecule has 9 nitrogen and oxygen atoms in total. The summed E-state index contributed by atoms with van der Waals surface area (Å²) in [6.07, 6.45) is 1.51. The number of thioether (sulfide) groups is 1. The summed E-state index contributed by atoms with van der Waals surface area (Å²) in [5, 5.41) is 16.6. The Morgan fingerprint density at radius 3 is 2.75 bits per heavy atom. The van der Waals surface area contributed by atoms with Gasteiger partial charge >= 0.3 is 6.03 Å². The van der Waals surface area contributed by atoms with Gasteiger partial charge in [0.2, 0.25) is 11.0 Å². The summed E-state index contributed by atoms with van der Waals surface area (Å²) in [6.45, 7) is 0.204. The van der Waals surface area contributed by atoms with E-state index in [9.17, 15) is 9.59 Å². The summed E-state index contributed by atoms with van der Waals surface area (Å²) >= 11 is 2.51. The lowest BCUT2D eigenvalue weighted by atomic mass is 10.3. The molecule has 11 heteroatoms. The van der Waals surface area contributed by atoms with Gasteiger partial charge in [0.1, 0.15) is 11.5 Å². The Balaban J connectivity index is 1.40. The Morgan fingerprint density at radius 2 is 2.04 bits per heavy atom. The summed E-state index contributed by atoms with van der Waals surface area (Å²) < 4.78 is 10.8. The van der Waals surface area contributed by atoms with Gasteiger partial charge in [-0.3, -0.25) is 10.1 Å². The normalized spacial score (nSPS) is 10.3. The Labute approximate surface area is 168 Å². The highest BCUT2D eigenvalue weighted by molar-refractivity contribution is 8.01. The summed E-state index contributed by atoms with van der Waals surface area (Å²) in [7, 11) is 1.61. The Kier molecular flexibility index (Phi) is 6.87. The molecule has 0 atom stereocenters. The zero-order valence-corrected chi connectivity index (χ0v) is 16.4. The summed E-state index contributed by atoms with van der Waals surface area (Å²) in [5.74, 6) is 0.980. The fraction of sp³-hybridized carbons (Fsp3) is 0.176. The summed E-state index contributed by atoms with van der Waals surface area (Å²) in [6, 6.07) is 10.3. The van der Waals surface area contributed by atoms with Gasteiger partial charge in [-0.2, -0.15) is 0 Å². The number of rotatable bonds is 8. The molecule has 2 heterocycles. The van der Waals surface area contributed by atoms with E-state index in [1.807, 2.05) is 24.3 Å². The van der Waals surface area contributed by atoms with E-state index in [1.165, 1.54) is 29.4 Å². The van der Waals surface area contributed by atoms with Crippen molar-refractivity contribution in [2.24, 2.45) is 0 Å². The molecule has 0 fully saturated rings. The second-order valence-corrected chi connectivity index (χ2v) is 7.53. The lowest BCUT2D eigenvalue weighted by molar-refractivity contribution is -0.117. The lowest BCUT2D eigenvalue weighted by Gasteiger charge is -2.04. The topological polar surface area (TPSA) is 118 Å². The van der Waals surface area contributed by atoms with Gasteiger partial charge < -0.3 is 19.8 Å². The fourth-order valence-electron chi connectivity index (χ4n) is 2.03. The van der Waals surface area contributed by atoms with Gasteiger partial charge in [-0.15, -0.1) is 10.2 Å². The molecule has 0 saturated carbocycles. The molecular weight excluding hydrogens is 402 g/mol. The predicted octanol–water partition coefficient (Wildman–Crippen LogP) is 3.00. The van der Waals surface area contributed by atoms with Gasteiger partial charge in [0, 0.05) is 5.69 Å². The fourth-order valence-corrected chi connectivity index (χ4v) is 3.60. The van der Waals surface area contributed by atoms with Crippen LogP contribution in [0.25, 0.3) is 0 Å². The lowest BCUT2D eigenvalue weighted by Crippen LogP contribution is -2.39. The monoisotopic (exact) mass is 419 g/mol. The highest BCUT2D eigenvalue weighted by Crippen LogP contribution is 2.28. The molecule has 0 unspecified atom stereocenters. The minimum atomic E-state index is -0.582. The molecule has 3 N–H and O–H groups in total. The zero-order chi connectivity index (χ0) is 19.8. The van der Waals surface area contributed by atoms with Crippen LogP contribution in [-0.4, -0.2) is 35.0 Å². The maximum atomic E-state index is 11.9. The third kappa shape index (κ3) is 5.99. The summed E-state index contributed by atoms with van der Waals surface area (Å²) in [5.41, 5.74) is 0.847. The van der Waals surface area contributed by atoms with Crippen molar-refractivity contribution >= 4 is 45.9 Å². The van der Waals surface area contributed by atoms with Crippen LogP contribution in [0.15, 0.2) is 51.4 Å².